The maximum Gasteiger partial charge on any atom is 0.225 e. The van der Waals surface area contributed by atoms with Gasteiger partial charge in [-0.1, -0.05) is 17.7 Å². The first kappa shape index (κ1) is 19.3. The minimum atomic E-state index is -0.0210. The van der Waals surface area contributed by atoms with E-state index >= 15 is 0 Å². The van der Waals surface area contributed by atoms with E-state index in [4.69, 9.17) is 0 Å². The Bertz CT molecular complexity index is 1030. The van der Waals surface area contributed by atoms with Crippen LogP contribution in [0.25, 0.3) is 11.2 Å². The van der Waals surface area contributed by atoms with Crippen LogP contribution in [0.1, 0.15) is 35.1 Å². The van der Waals surface area contributed by atoms with Gasteiger partial charge in [0.2, 0.25) is 5.91 Å². The van der Waals surface area contributed by atoms with Crippen LogP contribution < -0.4 is 10.2 Å². The molecule has 1 amide bonds. The molecular formula is C23H27N5O. The first-order valence-electron chi connectivity index (χ1n) is 10.2. The SMILES string of the molecule is Cc1cc(C)c(CNC(=O)C2CCCN(c3cnc4nccnc4c3)C2)c(C)c1. The molecule has 1 saturated heterocycles. The number of nitrogens with one attached hydrogen (secondary N) is 1. The summed E-state index contributed by atoms with van der Waals surface area (Å²) >= 11 is 0. The maximum atomic E-state index is 12.9. The smallest absolute Gasteiger partial charge is 0.225 e. The van der Waals surface area contributed by atoms with Gasteiger partial charge in [0.15, 0.2) is 5.65 Å². The molecule has 1 aromatic carbocycles. The molecule has 0 bridgehead atoms. The molecule has 3 aromatic rings. The summed E-state index contributed by atoms with van der Waals surface area (Å²) in [7, 11) is 0. The van der Waals surface area contributed by atoms with Gasteiger partial charge < -0.3 is 10.2 Å². The molecule has 6 nitrogen and oxygen atoms in total. The Hall–Kier alpha value is -3.02. The number of aromatic nitrogens is 3. The number of rotatable bonds is 4. The minimum Gasteiger partial charge on any atom is -0.369 e. The molecule has 150 valence electrons. The fourth-order valence-electron chi connectivity index (χ4n) is 4.25. The second kappa shape index (κ2) is 8.15. The van der Waals surface area contributed by atoms with E-state index in [2.05, 4.69) is 58.1 Å². The third-order valence-corrected chi connectivity index (χ3v) is 5.75. The molecule has 1 N–H and O–H groups in total. The molecule has 1 aliphatic rings. The van der Waals surface area contributed by atoms with E-state index in [-0.39, 0.29) is 11.8 Å². The molecule has 3 heterocycles. The lowest BCUT2D eigenvalue weighted by atomic mass is 9.96. The highest BCUT2D eigenvalue weighted by molar-refractivity contribution is 5.80. The van der Waals surface area contributed by atoms with Crippen LogP contribution in [-0.4, -0.2) is 33.9 Å². The zero-order valence-corrected chi connectivity index (χ0v) is 17.3. The summed E-state index contributed by atoms with van der Waals surface area (Å²) in [6.07, 6.45) is 7.05. The molecule has 1 atom stereocenters. The van der Waals surface area contributed by atoms with Crippen LogP contribution in [0.5, 0.6) is 0 Å². The number of pyridine rings is 1. The highest BCUT2D eigenvalue weighted by atomic mass is 16.1. The fraction of sp³-hybridized carbons (Fsp3) is 0.391. The zero-order chi connectivity index (χ0) is 20.4. The quantitative estimate of drug-likeness (QED) is 0.740. The van der Waals surface area contributed by atoms with Crippen LogP contribution in [0.2, 0.25) is 0 Å². The van der Waals surface area contributed by atoms with Crippen molar-refractivity contribution in [2.24, 2.45) is 5.92 Å². The van der Waals surface area contributed by atoms with Gasteiger partial charge in [0.1, 0.15) is 5.52 Å². The summed E-state index contributed by atoms with van der Waals surface area (Å²) in [6, 6.07) is 6.35. The number of carbonyl (C=O) groups is 1. The van der Waals surface area contributed by atoms with E-state index in [1.165, 1.54) is 22.3 Å². The molecule has 1 aliphatic heterocycles. The van der Waals surface area contributed by atoms with E-state index in [0.717, 1.165) is 30.6 Å². The summed E-state index contributed by atoms with van der Waals surface area (Å²) in [5.74, 6) is 0.106. The molecular weight excluding hydrogens is 362 g/mol. The molecule has 0 radical (unpaired) electrons. The average Bonchev–Trinajstić information content (AvgIpc) is 2.72. The Kier molecular flexibility index (Phi) is 5.43. The molecule has 1 unspecified atom stereocenters. The van der Waals surface area contributed by atoms with Crippen molar-refractivity contribution in [3.8, 4) is 0 Å². The van der Waals surface area contributed by atoms with Gasteiger partial charge in [-0.25, -0.2) is 9.97 Å². The Morgan fingerprint density at radius 3 is 2.66 bits per heavy atom. The van der Waals surface area contributed by atoms with E-state index in [0.29, 0.717) is 18.7 Å². The molecule has 2 aromatic heterocycles. The van der Waals surface area contributed by atoms with Gasteiger partial charge in [0.25, 0.3) is 0 Å². The van der Waals surface area contributed by atoms with Crippen molar-refractivity contribution in [2.45, 2.75) is 40.2 Å². The maximum absolute atomic E-state index is 12.9. The van der Waals surface area contributed by atoms with Gasteiger partial charge in [-0.3, -0.25) is 9.78 Å². The van der Waals surface area contributed by atoms with Crippen molar-refractivity contribution in [1.82, 2.24) is 20.3 Å². The first-order chi connectivity index (χ1) is 14.0. The number of benzene rings is 1. The van der Waals surface area contributed by atoms with Gasteiger partial charge in [-0.2, -0.15) is 0 Å². The van der Waals surface area contributed by atoms with Crippen LogP contribution in [0.4, 0.5) is 5.69 Å². The van der Waals surface area contributed by atoms with Crippen LogP contribution in [-0.2, 0) is 11.3 Å². The largest absolute Gasteiger partial charge is 0.369 e. The number of aryl methyl sites for hydroxylation is 3. The number of anilines is 1. The molecule has 0 spiro atoms. The fourth-order valence-corrected chi connectivity index (χ4v) is 4.25. The summed E-state index contributed by atoms with van der Waals surface area (Å²) in [4.78, 5) is 28.1. The van der Waals surface area contributed by atoms with Crippen LogP contribution in [0.15, 0.2) is 36.8 Å². The number of hydrogen-bond donors (Lipinski definition) is 1. The van der Waals surface area contributed by atoms with Crippen LogP contribution in [0.3, 0.4) is 0 Å². The van der Waals surface area contributed by atoms with Crippen molar-refractivity contribution in [1.29, 1.82) is 0 Å². The molecule has 0 aliphatic carbocycles. The van der Waals surface area contributed by atoms with Crippen molar-refractivity contribution >= 4 is 22.8 Å². The second-order valence-electron chi connectivity index (χ2n) is 7.97. The number of carbonyl (C=O) groups excluding carboxylic acids is 1. The summed E-state index contributed by atoms with van der Waals surface area (Å²) < 4.78 is 0. The highest BCUT2D eigenvalue weighted by Crippen LogP contribution is 2.25. The number of piperidine rings is 1. The number of amides is 1. The molecule has 6 heteroatoms. The first-order valence-corrected chi connectivity index (χ1v) is 10.2. The van der Waals surface area contributed by atoms with E-state index in [9.17, 15) is 4.79 Å². The third kappa shape index (κ3) is 4.21. The summed E-state index contributed by atoms with van der Waals surface area (Å²) in [6.45, 7) is 8.53. The Labute approximate surface area is 171 Å². The Morgan fingerprint density at radius 1 is 1.10 bits per heavy atom. The van der Waals surface area contributed by atoms with Gasteiger partial charge in [-0.05, 0) is 56.4 Å². The monoisotopic (exact) mass is 389 g/mol. The predicted molar refractivity (Wildman–Crippen MR) is 115 cm³/mol. The Morgan fingerprint density at radius 2 is 1.86 bits per heavy atom. The van der Waals surface area contributed by atoms with Crippen molar-refractivity contribution < 1.29 is 4.79 Å². The lowest BCUT2D eigenvalue weighted by Crippen LogP contribution is -2.43. The van der Waals surface area contributed by atoms with Gasteiger partial charge >= 0.3 is 0 Å². The van der Waals surface area contributed by atoms with E-state index in [1.54, 1.807) is 12.4 Å². The van der Waals surface area contributed by atoms with Gasteiger partial charge in [0.05, 0.1) is 17.8 Å². The van der Waals surface area contributed by atoms with Gasteiger partial charge in [0, 0.05) is 32.0 Å². The minimum absolute atomic E-state index is 0.0210. The zero-order valence-electron chi connectivity index (χ0n) is 17.3. The topological polar surface area (TPSA) is 71.0 Å². The number of fused-ring (bicyclic) bond motifs is 1. The van der Waals surface area contributed by atoms with Crippen molar-refractivity contribution in [3.63, 3.8) is 0 Å². The van der Waals surface area contributed by atoms with Crippen LogP contribution >= 0.6 is 0 Å². The highest BCUT2D eigenvalue weighted by Gasteiger charge is 2.26. The summed E-state index contributed by atoms with van der Waals surface area (Å²) in [5.41, 5.74) is 7.36. The van der Waals surface area contributed by atoms with Gasteiger partial charge in [-0.15, -0.1) is 0 Å². The van der Waals surface area contributed by atoms with E-state index in [1.807, 2.05) is 12.3 Å². The lowest BCUT2D eigenvalue weighted by Gasteiger charge is -2.33. The van der Waals surface area contributed by atoms with Crippen LogP contribution in [0, 0.1) is 26.7 Å². The Balaban J connectivity index is 1.43. The van der Waals surface area contributed by atoms with Crippen molar-refractivity contribution in [2.75, 3.05) is 18.0 Å². The molecule has 1 fully saturated rings. The molecule has 4 rings (SSSR count). The molecule has 29 heavy (non-hydrogen) atoms. The summed E-state index contributed by atoms with van der Waals surface area (Å²) in [5, 5.41) is 3.17. The average molecular weight is 390 g/mol. The number of hydrogen-bond acceptors (Lipinski definition) is 5. The molecule has 0 saturated carbocycles. The lowest BCUT2D eigenvalue weighted by molar-refractivity contribution is -0.125. The van der Waals surface area contributed by atoms with E-state index < -0.39 is 0 Å². The predicted octanol–water partition coefficient (Wildman–Crippen LogP) is 3.48. The standard InChI is InChI=1S/C23H27N5O/c1-15-9-16(2)20(17(3)10-15)13-27-23(29)18-5-4-8-28(14-18)19-11-21-22(26-12-19)25-7-6-24-21/h6-7,9-12,18H,4-5,8,13-14H2,1-3H3,(H,27,29). The number of nitrogens with zero attached hydrogens (tertiary/aromatic N) is 4. The normalized spacial score (nSPS) is 16.8. The second-order valence-corrected chi connectivity index (χ2v) is 7.97. The third-order valence-electron chi connectivity index (χ3n) is 5.75. The van der Waals surface area contributed by atoms with Crippen molar-refractivity contribution in [3.05, 3.63) is 59.0 Å².